The first-order chi connectivity index (χ1) is 10.6. The zero-order chi connectivity index (χ0) is 15.7. The molecule has 0 radical (unpaired) electrons. The number of nitrogens with one attached hydrogen (secondary N) is 1. The van der Waals surface area contributed by atoms with Gasteiger partial charge in [-0.2, -0.15) is 0 Å². The van der Waals surface area contributed by atoms with E-state index in [4.69, 9.17) is 33.0 Å². The van der Waals surface area contributed by atoms with Crippen molar-refractivity contribution in [1.82, 2.24) is 5.32 Å². The van der Waals surface area contributed by atoms with Crippen LogP contribution in [0, 0.1) is 0 Å². The maximum absolute atomic E-state index is 11.6. The number of carbonyl (C=O) groups is 1. The minimum Gasteiger partial charge on any atom is -0.495 e. The first-order valence-corrected chi connectivity index (χ1v) is 7.85. The SMILES string of the molecule is COc1ccc(-c2ccc(/C=C3/SC(=S)NC3=O)o2)cc1Cl. The van der Waals surface area contributed by atoms with E-state index in [-0.39, 0.29) is 5.91 Å². The number of halogens is 1. The second-order valence-corrected chi connectivity index (χ2v) is 6.53. The first-order valence-electron chi connectivity index (χ1n) is 6.25. The van der Waals surface area contributed by atoms with Crippen LogP contribution in [0.2, 0.25) is 5.02 Å². The van der Waals surface area contributed by atoms with Crippen LogP contribution in [0.3, 0.4) is 0 Å². The predicted molar refractivity (Wildman–Crippen MR) is 92.0 cm³/mol. The minimum absolute atomic E-state index is 0.208. The molecule has 3 rings (SSSR count). The Balaban J connectivity index is 1.88. The Kier molecular flexibility index (Phi) is 4.24. The van der Waals surface area contributed by atoms with E-state index >= 15 is 0 Å². The smallest absolute Gasteiger partial charge is 0.263 e. The van der Waals surface area contributed by atoms with E-state index in [9.17, 15) is 4.79 Å². The van der Waals surface area contributed by atoms with Gasteiger partial charge in [-0.3, -0.25) is 4.79 Å². The van der Waals surface area contributed by atoms with Crippen LogP contribution in [0.1, 0.15) is 5.76 Å². The Morgan fingerprint density at radius 2 is 2.18 bits per heavy atom. The Hall–Kier alpha value is -1.76. The topological polar surface area (TPSA) is 51.5 Å². The number of methoxy groups -OCH3 is 1. The van der Waals surface area contributed by atoms with Crippen molar-refractivity contribution in [3.63, 3.8) is 0 Å². The molecule has 112 valence electrons. The van der Waals surface area contributed by atoms with Crippen LogP contribution in [0.4, 0.5) is 0 Å². The molecule has 2 heterocycles. The molecule has 2 aromatic rings. The molecule has 22 heavy (non-hydrogen) atoms. The first kappa shape index (κ1) is 15.1. The van der Waals surface area contributed by atoms with Crippen LogP contribution >= 0.6 is 35.6 Å². The summed E-state index contributed by atoms with van der Waals surface area (Å²) in [6, 6.07) is 9.00. The quantitative estimate of drug-likeness (QED) is 0.666. The summed E-state index contributed by atoms with van der Waals surface area (Å²) in [5, 5.41) is 3.07. The van der Waals surface area contributed by atoms with Gasteiger partial charge in [0.2, 0.25) is 0 Å². The fourth-order valence-electron chi connectivity index (χ4n) is 1.96. The molecule has 1 aromatic carbocycles. The molecule has 4 nitrogen and oxygen atoms in total. The highest BCUT2D eigenvalue weighted by Gasteiger charge is 2.22. The summed E-state index contributed by atoms with van der Waals surface area (Å²) in [7, 11) is 1.56. The normalized spacial score (nSPS) is 16.2. The summed E-state index contributed by atoms with van der Waals surface area (Å²) < 4.78 is 11.3. The number of amides is 1. The minimum atomic E-state index is -0.208. The molecule has 1 fully saturated rings. The number of ether oxygens (including phenoxy) is 1. The highest BCUT2D eigenvalue weighted by Crippen LogP contribution is 2.32. The Bertz CT molecular complexity index is 798. The lowest BCUT2D eigenvalue weighted by atomic mass is 10.2. The van der Waals surface area contributed by atoms with Crippen molar-refractivity contribution < 1.29 is 13.9 Å². The zero-order valence-electron chi connectivity index (χ0n) is 11.4. The van der Waals surface area contributed by atoms with E-state index in [0.29, 0.717) is 31.5 Å². The molecule has 0 atom stereocenters. The summed E-state index contributed by atoms with van der Waals surface area (Å²) in [5.41, 5.74) is 0.828. The Labute approximate surface area is 141 Å². The monoisotopic (exact) mass is 351 g/mol. The lowest BCUT2D eigenvalue weighted by molar-refractivity contribution is -0.115. The maximum atomic E-state index is 11.6. The lowest BCUT2D eigenvalue weighted by Crippen LogP contribution is -2.17. The van der Waals surface area contributed by atoms with Gasteiger partial charge in [-0.05, 0) is 30.3 Å². The fourth-order valence-corrected chi connectivity index (χ4v) is 3.24. The van der Waals surface area contributed by atoms with Crippen LogP contribution < -0.4 is 10.1 Å². The third kappa shape index (κ3) is 3.04. The number of benzene rings is 1. The lowest BCUT2D eigenvalue weighted by Gasteiger charge is -2.04. The molecule has 1 aromatic heterocycles. The Morgan fingerprint density at radius 1 is 1.36 bits per heavy atom. The van der Waals surface area contributed by atoms with Gasteiger partial charge in [-0.1, -0.05) is 35.6 Å². The van der Waals surface area contributed by atoms with Crippen LogP contribution in [0.15, 0.2) is 39.7 Å². The molecule has 0 unspecified atom stereocenters. The van der Waals surface area contributed by atoms with E-state index in [1.165, 1.54) is 11.8 Å². The summed E-state index contributed by atoms with van der Waals surface area (Å²) in [6.45, 7) is 0. The van der Waals surface area contributed by atoms with E-state index in [1.54, 1.807) is 31.4 Å². The van der Waals surface area contributed by atoms with Crippen molar-refractivity contribution in [2.75, 3.05) is 7.11 Å². The standard InChI is InChI=1S/C15H10ClNO3S2/c1-19-12-4-2-8(6-10(12)16)11-5-3-9(20-11)7-13-14(18)17-15(21)22-13/h2-7H,1H3,(H,17,18,21)/b13-7+. The van der Waals surface area contributed by atoms with Crippen molar-refractivity contribution in [3.8, 4) is 17.1 Å². The van der Waals surface area contributed by atoms with Gasteiger partial charge in [0.05, 0.1) is 17.0 Å². The number of carbonyl (C=O) groups excluding carboxylic acids is 1. The van der Waals surface area contributed by atoms with Gasteiger partial charge in [0.25, 0.3) is 5.91 Å². The van der Waals surface area contributed by atoms with Crippen LogP contribution in [0.25, 0.3) is 17.4 Å². The second-order valence-electron chi connectivity index (χ2n) is 4.40. The number of thiocarbonyl (C=S) groups is 1. The summed E-state index contributed by atoms with van der Waals surface area (Å²) >= 11 is 12.3. The molecule has 1 amide bonds. The van der Waals surface area contributed by atoms with Crippen molar-refractivity contribution >= 4 is 51.9 Å². The number of hydrogen-bond donors (Lipinski definition) is 1. The van der Waals surface area contributed by atoms with Crippen molar-refractivity contribution in [2.45, 2.75) is 0 Å². The number of rotatable bonds is 3. The molecular formula is C15H10ClNO3S2. The number of furan rings is 1. The van der Waals surface area contributed by atoms with E-state index in [0.717, 1.165) is 5.56 Å². The molecule has 0 spiro atoms. The van der Waals surface area contributed by atoms with Crippen LogP contribution in [-0.2, 0) is 4.79 Å². The number of thioether (sulfide) groups is 1. The van der Waals surface area contributed by atoms with Crippen LogP contribution in [-0.4, -0.2) is 17.3 Å². The van der Waals surface area contributed by atoms with E-state index < -0.39 is 0 Å². The van der Waals surface area contributed by atoms with Crippen molar-refractivity contribution in [3.05, 3.63) is 46.0 Å². The highest BCUT2D eigenvalue weighted by molar-refractivity contribution is 8.26. The van der Waals surface area contributed by atoms with Crippen molar-refractivity contribution in [1.29, 1.82) is 0 Å². The van der Waals surface area contributed by atoms with Gasteiger partial charge in [0.1, 0.15) is 21.6 Å². The average Bonchev–Trinajstić information content (AvgIpc) is 3.06. The fraction of sp³-hybridized carbons (Fsp3) is 0.0667. The summed E-state index contributed by atoms with van der Waals surface area (Å²) in [4.78, 5) is 12.1. The molecule has 0 saturated carbocycles. The van der Waals surface area contributed by atoms with E-state index in [2.05, 4.69) is 5.32 Å². The second kappa shape index (κ2) is 6.16. The molecule has 0 bridgehead atoms. The molecule has 1 saturated heterocycles. The van der Waals surface area contributed by atoms with Gasteiger partial charge >= 0.3 is 0 Å². The van der Waals surface area contributed by atoms with Gasteiger partial charge in [-0.25, -0.2) is 0 Å². The third-order valence-electron chi connectivity index (χ3n) is 2.98. The maximum Gasteiger partial charge on any atom is 0.263 e. The molecular weight excluding hydrogens is 342 g/mol. The Morgan fingerprint density at radius 3 is 2.82 bits per heavy atom. The van der Waals surface area contributed by atoms with Crippen LogP contribution in [0.5, 0.6) is 5.75 Å². The van der Waals surface area contributed by atoms with Gasteiger partial charge in [0.15, 0.2) is 0 Å². The predicted octanol–water partition coefficient (Wildman–Crippen LogP) is 4.10. The number of hydrogen-bond acceptors (Lipinski definition) is 5. The molecule has 0 aliphatic carbocycles. The largest absolute Gasteiger partial charge is 0.495 e. The molecule has 1 N–H and O–H groups in total. The van der Waals surface area contributed by atoms with E-state index in [1.807, 2.05) is 12.1 Å². The third-order valence-corrected chi connectivity index (χ3v) is 4.44. The summed E-state index contributed by atoms with van der Waals surface area (Å²) in [6.07, 6.45) is 1.66. The van der Waals surface area contributed by atoms with Crippen molar-refractivity contribution in [2.24, 2.45) is 0 Å². The zero-order valence-corrected chi connectivity index (χ0v) is 13.8. The molecule has 1 aliphatic rings. The summed E-state index contributed by atoms with van der Waals surface area (Å²) in [5.74, 6) is 1.62. The van der Waals surface area contributed by atoms with Gasteiger partial charge in [-0.15, -0.1) is 0 Å². The molecule has 1 aliphatic heterocycles. The van der Waals surface area contributed by atoms with Gasteiger partial charge < -0.3 is 14.5 Å². The molecule has 7 heteroatoms. The van der Waals surface area contributed by atoms with Gasteiger partial charge in [0, 0.05) is 11.6 Å². The highest BCUT2D eigenvalue weighted by atomic mass is 35.5. The average molecular weight is 352 g/mol.